The van der Waals surface area contributed by atoms with E-state index in [1.54, 1.807) is 24.4 Å². The van der Waals surface area contributed by atoms with Crippen LogP contribution in [0, 0.1) is 0 Å². The zero-order chi connectivity index (χ0) is 14.1. The maximum absolute atomic E-state index is 6.10. The Morgan fingerprint density at radius 3 is 2.70 bits per heavy atom. The fraction of sp³-hybridized carbons (Fsp3) is 0. The van der Waals surface area contributed by atoms with Gasteiger partial charge in [0.05, 0.1) is 5.02 Å². The zero-order valence-electron chi connectivity index (χ0n) is 10.3. The van der Waals surface area contributed by atoms with Gasteiger partial charge >= 0.3 is 0 Å². The van der Waals surface area contributed by atoms with Crippen molar-refractivity contribution in [1.29, 1.82) is 0 Å². The number of benzene rings is 2. The van der Waals surface area contributed by atoms with Crippen molar-refractivity contribution in [2.24, 2.45) is 0 Å². The van der Waals surface area contributed by atoms with Crippen molar-refractivity contribution < 1.29 is 4.74 Å². The van der Waals surface area contributed by atoms with Crippen LogP contribution in [0.1, 0.15) is 0 Å². The number of fused-ring (bicyclic) bond motifs is 1. The Labute approximate surface area is 129 Å². The summed E-state index contributed by atoms with van der Waals surface area (Å²) in [5.74, 6) is 1.21. The molecule has 2 N–H and O–H groups in total. The Bertz CT molecular complexity index is 792. The average Bonchev–Trinajstić information content (AvgIpc) is 2.44. The van der Waals surface area contributed by atoms with Gasteiger partial charge in [-0.3, -0.25) is 4.98 Å². The first-order valence-corrected chi connectivity index (χ1v) is 7.08. The van der Waals surface area contributed by atoms with Gasteiger partial charge < -0.3 is 10.5 Å². The molecule has 1 heterocycles. The lowest BCUT2D eigenvalue weighted by Gasteiger charge is -2.11. The number of nitrogens with zero attached hydrogens (tertiary/aromatic N) is 1. The van der Waals surface area contributed by atoms with Gasteiger partial charge in [0.15, 0.2) is 5.75 Å². The van der Waals surface area contributed by atoms with Gasteiger partial charge in [0.1, 0.15) is 11.3 Å². The number of hydrogen-bond acceptors (Lipinski definition) is 3. The second kappa shape index (κ2) is 5.31. The fourth-order valence-electron chi connectivity index (χ4n) is 1.92. The van der Waals surface area contributed by atoms with E-state index in [1.807, 2.05) is 24.3 Å². The maximum Gasteiger partial charge on any atom is 0.153 e. The van der Waals surface area contributed by atoms with Gasteiger partial charge in [-0.25, -0.2) is 0 Å². The van der Waals surface area contributed by atoms with Crippen LogP contribution >= 0.6 is 27.5 Å². The summed E-state index contributed by atoms with van der Waals surface area (Å²) in [7, 11) is 0. The predicted molar refractivity (Wildman–Crippen MR) is 85.4 cm³/mol. The molecule has 3 nitrogen and oxygen atoms in total. The van der Waals surface area contributed by atoms with E-state index in [2.05, 4.69) is 20.9 Å². The molecule has 3 aromatic rings. The van der Waals surface area contributed by atoms with Crippen molar-refractivity contribution in [3.63, 3.8) is 0 Å². The van der Waals surface area contributed by atoms with Gasteiger partial charge in [0.25, 0.3) is 0 Å². The van der Waals surface area contributed by atoms with Crippen LogP contribution in [-0.4, -0.2) is 4.98 Å². The van der Waals surface area contributed by atoms with Crippen molar-refractivity contribution in [3.05, 3.63) is 58.2 Å². The Morgan fingerprint density at radius 1 is 1.10 bits per heavy atom. The highest BCUT2D eigenvalue weighted by Gasteiger charge is 2.10. The number of nitrogen functional groups attached to an aromatic ring is 1. The molecule has 3 rings (SSSR count). The molecule has 0 aliphatic carbocycles. The number of anilines is 1. The van der Waals surface area contributed by atoms with E-state index in [1.165, 1.54) is 0 Å². The summed E-state index contributed by atoms with van der Waals surface area (Å²) in [6, 6.07) is 12.8. The van der Waals surface area contributed by atoms with Gasteiger partial charge in [0, 0.05) is 21.7 Å². The minimum absolute atomic E-state index is 0.551. The minimum Gasteiger partial charge on any atom is -0.454 e. The third-order valence-electron chi connectivity index (χ3n) is 2.87. The largest absolute Gasteiger partial charge is 0.454 e. The number of pyridine rings is 1. The number of aromatic nitrogens is 1. The van der Waals surface area contributed by atoms with Crippen LogP contribution < -0.4 is 10.5 Å². The molecule has 1 aromatic heterocycles. The second-order valence-electron chi connectivity index (χ2n) is 4.24. The molecule has 20 heavy (non-hydrogen) atoms. The number of para-hydroxylation sites is 1. The first kappa shape index (κ1) is 13.2. The van der Waals surface area contributed by atoms with Gasteiger partial charge in [-0.1, -0.05) is 23.7 Å². The van der Waals surface area contributed by atoms with Gasteiger partial charge in [-0.05, 0) is 46.3 Å². The number of halogens is 2. The van der Waals surface area contributed by atoms with E-state index in [9.17, 15) is 0 Å². The van der Waals surface area contributed by atoms with Crippen molar-refractivity contribution in [1.82, 2.24) is 4.98 Å². The van der Waals surface area contributed by atoms with Crippen LogP contribution in [0.4, 0.5) is 5.69 Å². The van der Waals surface area contributed by atoms with E-state index in [0.29, 0.717) is 27.7 Å². The first-order chi connectivity index (χ1) is 9.65. The summed E-state index contributed by atoms with van der Waals surface area (Å²) in [6.45, 7) is 0. The summed E-state index contributed by atoms with van der Waals surface area (Å²) in [6.07, 6.45) is 1.71. The topological polar surface area (TPSA) is 48.1 Å². The SMILES string of the molecule is Nc1ccc(Oc2ccccc2Cl)c2ncc(Br)cc12. The smallest absolute Gasteiger partial charge is 0.153 e. The summed E-state index contributed by atoms with van der Waals surface area (Å²) in [5.41, 5.74) is 7.33. The van der Waals surface area contributed by atoms with E-state index < -0.39 is 0 Å². The molecule has 0 aliphatic heterocycles. The monoisotopic (exact) mass is 348 g/mol. The third-order valence-corrected chi connectivity index (χ3v) is 3.62. The van der Waals surface area contributed by atoms with Crippen molar-refractivity contribution in [3.8, 4) is 11.5 Å². The van der Waals surface area contributed by atoms with Crippen LogP contribution in [-0.2, 0) is 0 Å². The molecule has 2 aromatic carbocycles. The Morgan fingerprint density at radius 2 is 1.90 bits per heavy atom. The van der Waals surface area contributed by atoms with E-state index in [-0.39, 0.29) is 0 Å². The summed E-state index contributed by atoms with van der Waals surface area (Å²) in [5, 5.41) is 1.39. The lowest BCUT2D eigenvalue weighted by atomic mass is 10.1. The summed E-state index contributed by atoms with van der Waals surface area (Å²) < 4.78 is 6.72. The lowest BCUT2D eigenvalue weighted by Crippen LogP contribution is -1.93. The van der Waals surface area contributed by atoms with Crippen molar-refractivity contribution in [2.45, 2.75) is 0 Å². The Balaban J connectivity index is 2.13. The molecule has 0 saturated carbocycles. The Kier molecular flexibility index (Phi) is 3.51. The average molecular weight is 350 g/mol. The van der Waals surface area contributed by atoms with Crippen LogP contribution in [0.2, 0.25) is 5.02 Å². The van der Waals surface area contributed by atoms with Crippen LogP contribution in [0.3, 0.4) is 0 Å². The molecule has 0 fully saturated rings. The van der Waals surface area contributed by atoms with Crippen LogP contribution in [0.15, 0.2) is 53.1 Å². The summed E-state index contributed by atoms with van der Waals surface area (Å²) in [4.78, 5) is 4.37. The maximum atomic E-state index is 6.10. The van der Waals surface area contributed by atoms with Gasteiger partial charge in [-0.2, -0.15) is 0 Å². The molecule has 5 heteroatoms. The van der Waals surface area contributed by atoms with E-state index in [4.69, 9.17) is 22.1 Å². The van der Waals surface area contributed by atoms with Crippen LogP contribution in [0.25, 0.3) is 10.9 Å². The second-order valence-corrected chi connectivity index (χ2v) is 5.56. The molecule has 0 radical (unpaired) electrons. The number of rotatable bonds is 2. The molecular weight excluding hydrogens is 340 g/mol. The minimum atomic E-state index is 0.551. The van der Waals surface area contributed by atoms with Crippen molar-refractivity contribution in [2.75, 3.05) is 5.73 Å². The molecule has 0 bridgehead atoms. The Hall–Kier alpha value is -1.78. The molecule has 100 valence electrons. The molecular formula is C15H10BrClN2O. The van der Waals surface area contributed by atoms with Gasteiger partial charge in [0.2, 0.25) is 0 Å². The standard InChI is InChI=1S/C15H10BrClN2O/c16-9-7-10-12(18)5-6-14(15(10)19-8-9)20-13-4-2-1-3-11(13)17/h1-8H,18H2. The van der Waals surface area contributed by atoms with E-state index in [0.717, 1.165) is 9.86 Å². The van der Waals surface area contributed by atoms with Crippen LogP contribution in [0.5, 0.6) is 11.5 Å². The normalized spacial score (nSPS) is 10.7. The molecule has 0 saturated heterocycles. The highest BCUT2D eigenvalue weighted by molar-refractivity contribution is 9.10. The predicted octanol–water partition coefficient (Wildman–Crippen LogP) is 5.03. The number of nitrogens with two attached hydrogens (primary N) is 1. The summed E-state index contributed by atoms with van der Waals surface area (Å²) >= 11 is 9.49. The molecule has 0 amide bonds. The van der Waals surface area contributed by atoms with Gasteiger partial charge in [-0.15, -0.1) is 0 Å². The molecule has 0 atom stereocenters. The fourth-order valence-corrected chi connectivity index (χ4v) is 2.42. The molecule has 0 unspecified atom stereocenters. The number of ether oxygens (including phenoxy) is 1. The van der Waals surface area contributed by atoms with Crippen molar-refractivity contribution >= 4 is 44.1 Å². The molecule has 0 aliphatic rings. The number of hydrogen-bond donors (Lipinski definition) is 1. The third kappa shape index (κ3) is 2.44. The zero-order valence-corrected chi connectivity index (χ0v) is 12.6. The first-order valence-electron chi connectivity index (χ1n) is 5.91. The highest BCUT2D eigenvalue weighted by atomic mass is 79.9. The lowest BCUT2D eigenvalue weighted by molar-refractivity contribution is 0.487. The quantitative estimate of drug-likeness (QED) is 0.660. The van der Waals surface area contributed by atoms with E-state index >= 15 is 0 Å². The highest BCUT2D eigenvalue weighted by Crippen LogP contribution is 2.35. The molecule has 0 spiro atoms.